The van der Waals surface area contributed by atoms with Crippen molar-refractivity contribution in [3.8, 4) is 0 Å². The van der Waals surface area contributed by atoms with Gasteiger partial charge < -0.3 is 9.64 Å². The molecule has 0 heterocycles. The smallest absolute Gasteiger partial charge is 0.108 e. The van der Waals surface area contributed by atoms with Gasteiger partial charge in [0, 0.05) is 9.24 Å². The van der Waals surface area contributed by atoms with E-state index >= 15 is 0 Å². The molecule has 0 N–H and O–H groups in total. The minimum atomic E-state index is -1.72. The van der Waals surface area contributed by atoms with Crippen molar-refractivity contribution in [1.29, 1.82) is 0 Å². The first-order valence-corrected chi connectivity index (χ1v) is 6.48. The molecular formula is C18H23NO. The second-order valence-electron chi connectivity index (χ2n) is 4.69. The van der Waals surface area contributed by atoms with Crippen molar-refractivity contribution in [2.24, 2.45) is 0 Å². The van der Waals surface area contributed by atoms with Gasteiger partial charge in [0.2, 0.25) is 0 Å². The fraction of sp³-hybridized carbons (Fsp3) is 0.333. The topological polar surface area (TPSA) is 12.5 Å². The summed E-state index contributed by atoms with van der Waals surface area (Å²) in [4.78, 5) is 1.41. The van der Waals surface area contributed by atoms with Crippen molar-refractivity contribution in [3.63, 3.8) is 0 Å². The fourth-order valence-corrected chi connectivity index (χ4v) is 1.87. The van der Waals surface area contributed by atoms with Crippen LogP contribution in [0.4, 0.5) is 0 Å². The van der Waals surface area contributed by atoms with Crippen molar-refractivity contribution < 1.29 is 13.0 Å². The molecule has 2 aromatic carbocycles. The van der Waals surface area contributed by atoms with Gasteiger partial charge in [0.05, 0.1) is 12.1 Å². The van der Waals surface area contributed by atoms with Gasteiger partial charge in [-0.3, -0.25) is 0 Å². The molecule has 0 aliphatic rings. The number of hydrogen-bond acceptors (Lipinski definition) is 2. The Morgan fingerprint density at radius 3 is 2.60 bits per heavy atom. The predicted molar refractivity (Wildman–Crippen MR) is 84.0 cm³/mol. The maximum atomic E-state index is 8.30. The summed E-state index contributed by atoms with van der Waals surface area (Å²) in [7, 11) is 3.22. The summed E-state index contributed by atoms with van der Waals surface area (Å²) in [6.45, 7) is -0.332. The number of nitrogens with zero attached hydrogens (tertiary/aromatic N) is 1. The highest BCUT2D eigenvalue weighted by Crippen LogP contribution is 2.28. The molecule has 1 unspecified atom stereocenters. The molecule has 0 saturated heterocycles. The summed E-state index contributed by atoms with van der Waals surface area (Å²) >= 11 is 0. The molecule has 2 aromatic rings. The van der Waals surface area contributed by atoms with E-state index in [0.29, 0.717) is 16.7 Å². The molecule has 0 bridgehead atoms. The van der Waals surface area contributed by atoms with Crippen molar-refractivity contribution in [3.05, 3.63) is 71.2 Å². The van der Waals surface area contributed by atoms with Crippen LogP contribution in [-0.2, 0) is 4.74 Å². The third-order valence-electron chi connectivity index (χ3n) is 2.91. The van der Waals surface area contributed by atoms with E-state index in [1.54, 1.807) is 33.2 Å². The van der Waals surface area contributed by atoms with Crippen LogP contribution < -0.4 is 0 Å². The Morgan fingerprint density at radius 2 is 1.90 bits per heavy atom. The van der Waals surface area contributed by atoms with Gasteiger partial charge in [-0.25, -0.2) is 0 Å². The molecule has 0 aliphatic carbocycles. The fourth-order valence-electron chi connectivity index (χ4n) is 1.87. The predicted octanol–water partition coefficient (Wildman–Crippen LogP) is 3.66. The standard InChI is InChI=1S/C18H23NO/c1-15-9-7-8-12-17(15)18(20-14-13-19(2)3)16-10-5-4-6-11-16/h4-12,18H,13-14H2,1-3H3/i7D,8D,9D,12D,13D2. The first kappa shape index (κ1) is 8.60. The average molecular weight is 275 g/mol. The van der Waals surface area contributed by atoms with Crippen LogP contribution in [0.1, 0.15) is 31.0 Å². The van der Waals surface area contributed by atoms with E-state index in [0.717, 1.165) is 0 Å². The molecule has 1 atom stereocenters. The maximum absolute atomic E-state index is 8.30. The van der Waals surface area contributed by atoms with Gasteiger partial charge in [-0.05, 0) is 37.7 Å². The monoisotopic (exact) mass is 275 g/mol. The molecule has 0 aliphatic heterocycles. The number of likely N-dealkylation sites (N-methyl/N-ethyl adjacent to an activating group) is 1. The van der Waals surface area contributed by atoms with Crippen molar-refractivity contribution in [2.45, 2.75) is 13.0 Å². The van der Waals surface area contributed by atoms with E-state index in [2.05, 4.69) is 0 Å². The van der Waals surface area contributed by atoms with E-state index in [1.165, 1.54) is 4.90 Å². The van der Waals surface area contributed by atoms with Crippen molar-refractivity contribution >= 4 is 0 Å². The molecule has 20 heavy (non-hydrogen) atoms. The van der Waals surface area contributed by atoms with Crippen LogP contribution in [0.2, 0.25) is 0 Å². The quantitative estimate of drug-likeness (QED) is 0.797. The lowest BCUT2D eigenvalue weighted by atomic mass is 9.97. The Balaban J connectivity index is 2.56. The lowest BCUT2D eigenvalue weighted by Gasteiger charge is -2.22. The minimum absolute atomic E-state index is 0.110. The minimum Gasteiger partial charge on any atom is -0.367 e. The highest BCUT2D eigenvalue weighted by Gasteiger charge is 2.16. The molecule has 0 radical (unpaired) electrons. The zero-order valence-corrected chi connectivity index (χ0v) is 12.0. The summed E-state index contributed by atoms with van der Waals surface area (Å²) in [5, 5.41) is 0. The highest BCUT2D eigenvalue weighted by molar-refractivity contribution is 5.35. The van der Waals surface area contributed by atoms with Crippen LogP contribution >= 0.6 is 0 Å². The molecule has 2 heteroatoms. The molecule has 0 saturated carbocycles. The summed E-state index contributed by atoms with van der Waals surface area (Å²) in [6, 6.07) is 8.19. The molecule has 106 valence electrons. The highest BCUT2D eigenvalue weighted by atomic mass is 16.5. The Bertz CT molecular complexity index is 750. The maximum Gasteiger partial charge on any atom is 0.108 e. The van der Waals surface area contributed by atoms with Gasteiger partial charge in [-0.1, -0.05) is 54.5 Å². The van der Waals surface area contributed by atoms with Gasteiger partial charge in [0.1, 0.15) is 6.10 Å². The number of ether oxygens (including phenoxy) is 1. The van der Waals surface area contributed by atoms with E-state index in [-0.39, 0.29) is 30.8 Å². The van der Waals surface area contributed by atoms with E-state index in [1.807, 2.05) is 18.2 Å². The second-order valence-corrected chi connectivity index (χ2v) is 4.69. The Morgan fingerprint density at radius 1 is 1.20 bits per heavy atom. The zero-order valence-electron chi connectivity index (χ0n) is 18.0. The zero-order chi connectivity index (χ0) is 19.6. The van der Waals surface area contributed by atoms with Crippen LogP contribution in [0.5, 0.6) is 0 Å². The summed E-state index contributed by atoms with van der Waals surface area (Å²) in [5.41, 5.74) is 1.43. The summed E-state index contributed by atoms with van der Waals surface area (Å²) < 4.78 is 54.1. The van der Waals surface area contributed by atoms with Crippen LogP contribution in [0.15, 0.2) is 54.5 Å². The molecular weight excluding hydrogens is 246 g/mol. The molecule has 0 aromatic heterocycles. The first-order chi connectivity index (χ1) is 12.1. The van der Waals surface area contributed by atoms with Gasteiger partial charge >= 0.3 is 0 Å². The third kappa shape index (κ3) is 3.92. The SMILES string of the molecule is [2H]c1c([2H])c([2H])c(C(OCC([2H])([2H])N(C)C)c2ccccc2)c(C)c1[2H]. The average Bonchev–Trinajstić information content (AvgIpc) is 2.61. The normalized spacial score (nSPS) is 17.6. The molecule has 0 fully saturated rings. The second kappa shape index (κ2) is 7.22. The lowest BCUT2D eigenvalue weighted by Crippen LogP contribution is -2.20. The van der Waals surface area contributed by atoms with E-state index in [4.69, 9.17) is 13.0 Å². The van der Waals surface area contributed by atoms with Gasteiger partial charge in [-0.2, -0.15) is 0 Å². The Hall–Kier alpha value is -1.64. The number of hydrogen-bond donors (Lipinski definition) is 0. The van der Waals surface area contributed by atoms with Crippen molar-refractivity contribution in [1.82, 2.24) is 4.90 Å². The van der Waals surface area contributed by atoms with Crippen LogP contribution in [-0.4, -0.2) is 32.1 Å². The summed E-state index contributed by atoms with van der Waals surface area (Å²) in [5.74, 6) is 0. The van der Waals surface area contributed by atoms with Gasteiger partial charge in [-0.15, -0.1) is 0 Å². The molecule has 0 amide bonds. The van der Waals surface area contributed by atoms with Crippen LogP contribution in [0.3, 0.4) is 0 Å². The molecule has 0 spiro atoms. The number of rotatable bonds is 6. The first-order valence-electron chi connectivity index (χ1n) is 9.48. The molecule has 2 rings (SSSR count). The van der Waals surface area contributed by atoms with E-state index < -0.39 is 12.6 Å². The van der Waals surface area contributed by atoms with Crippen LogP contribution in [0.25, 0.3) is 0 Å². The van der Waals surface area contributed by atoms with Gasteiger partial charge in [0.15, 0.2) is 0 Å². The van der Waals surface area contributed by atoms with Crippen LogP contribution in [0, 0.1) is 6.92 Å². The van der Waals surface area contributed by atoms with Gasteiger partial charge in [0.25, 0.3) is 0 Å². The third-order valence-corrected chi connectivity index (χ3v) is 2.91. The van der Waals surface area contributed by atoms with Crippen molar-refractivity contribution in [2.75, 3.05) is 27.2 Å². The number of benzene rings is 2. The molecule has 2 nitrogen and oxygen atoms in total. The summed E-state index contributed by atoms with van der Waals surface area (Å²) in [6.07, 6.45) is -0.799. The Labute approximate surface area is 130 Å². The lowest BCUT2D eigenvalue weighted by molar-refractivity contribution is 0.0683. The van der Waals surface area contributed by atoms with E-state index in [9.17, 15) is 0 Å². The largest absolute Gasteiger partial charge is 0.367 e. The Kier molecular flexibility index (Phi) is 3.11.